The first-order chi connectivity index (χ1) is 12.2. The maximum atomic E-state index is 12.0. The third-order valence-electron chi connectivity index (χ3n) is 3.32. The zero-order valence-electron chi connectivity index (χ0n) is 13.5. The Labute approximate surface area is 147 Å². The van der Waals surface area contributed by atoms with Crippen LogP contribution in [0.5, 0.6) is 11.5 Å². The van der Waals surface area contributed by atoms with Gasteiger partial charge in [0.1, 0.15) is 11.0 Å². The average Bonchev–Trinajstić information content (AvgIpc) is 3.11. The van der Waals surface area contributed by atoms with Crippen LogP contribution in [0, 0.1) is 0 Å². The number of carbonyl (C=O) groups excluding carboxylic acids is 1. The highest BCUT2D eigenvalue weighted by Crippen LogP contribution is 2.26. The molecular formula is C16H15N5O3S. The third kappa shape index (κ3) is 3.83. The first kappa shape index (κ1) is 16.7. The number of aromatic nitrogens is 2. The lowest BCUT2D eigenvalue weighted by molar-refractivity contribution is 0.252. The number of benzene rings is 2. The monoisotopic (exact) mass is 357 g/mol. The van der Waals surface area contributed by atoms with Gasteiger partial charge in [-0.15, -0.1) is 0 Å². The molecule has 0 atom stereocenters. The van der Waals surface area contributed by atoms with Gasteiger partial charge in [0.25, 0.3) is 0 Å². The number of hydrogen-bond donors (Lipinski definition) is 2. The maximum Gasteiger partial charge on any atom is 0.339 e. The van der Waals surface area contributed by atoms with Gasteiger partial charge in [-0.25, -0.2) is 10.2 Å². The highest BCUT2D eigenvalue weighted by molar-refractivity contribution is 7.00. The van der Waals surface area contributed by atoms with E-state index in [2.05, 4.69) is 24.6 Å². The Morgan fingerprint density at radius 2 is 2.00 bits per heavy atom. The van der Waals surface area contributed by atoms with E-state index in [1.54, 1.807) is 44.6 Å². The van der Waals surface area contributed by atoms with E-state index in [1.807, 2.05) is 6.07 Å². The highest BCUT2D eigenvalue weighted by Gasteiger charge is 2.07. The summed E-state index contributed by atoms with van der Waals surface area (Å²) in [6.45, 7) is 0. The fourth-order valence-corrected chi connectivity index (χ4v) is 2.71. The number of amides is 2. The van der Waals surface area contributed by atoms with Crippen molar-refractivity contribution < 1.29 is 14.3 Å². The predicted octanol–water partition coefficient (Wildman–Crippen LogP) is 2.86. The van der Waals surface area contributed by atoms with Crippen LogP contribution in [-0.2, 0) is 0 Å². The van der Waals surface area contributed by atoms with Crippen LogP contribution >= 0.6 is 11.7 Å². The van der Waals surface area contributed by atoms with Crippen LogP contribution in [0.1, 0.15) is 5.56 Å². The molecule has 0 saturated carbocycles. The van der Waals surface area contributed by atoms with E-state index in [0.717, 1.165) is 22.8 Å². The van der Waals surface area contributed by atoms with Crippen LogP contribution in [0.3, 0.4) is 0 Å². The Bertz CT molecular complexity index is 925. The SMILES string of the molecule is COc1ccc(C=NNC(=O)Nc2cccc3nsnc23)cc1OC. The van der Waals surface area contributed by atoms with Crippen molar-refractivity contribution >= 4 is 40.7 Å². The summed E-state index contributed by atoms with van der Waals surface area (Å²) < 4.78 is 18.7. The van der Waals surface area contributed by atoms with Crippen molar-refractivity contribution in [2.24, 2.45) is 5.10 Å². The Balaban J connectivity index is 1.64. The van der Waals surface area contributed by atoms with Gasteiger partial charge in [-0.3, -0.25) is 0 Å². The summed E-state index contributed by atoms with van der Waals surface area (Å²) in [6.07, 6.45) is 1.51. The number of anilines is 1. The van der Waals surface area contributed by atoms with Crippen molar-refractivity contribution in [2.45, 2.75) is 0 Å². The summed E-state index contributed by atoms with van der Waals surface area (Å²) >= 11 is 1.09. The molecule has 0 fully saturated rings. The van der Waals surface area contributed by atoms with Crippen molar-refractivity contribution in [2.75, 3.05) is 19.5 Å². The van der Waals surface area contributed by atoms with Gasteiger partial charge in [0.15, 0.2) is 11.5 Å². The number of urea groups is 1. The standard InChI is InChI=1S/C16H15N5O3S/c1-23-13-7-6-10(8-14(13)24-2)9-17-19-16(22)18-11-4-3-5-12-15(11)21-25-20-12/h3-9H,1-2H3,(H2,18,19,22). The van der Waals surface area contributed by atoms with E-state index in [4.69, 9.17) is 9.47 Å². The first-order valence-corrected chi connectivity index (χ1v) is 7.97. The first-order valence-electron chi connectivity index (χ1n) is 7.24. The summed E-state index contributed by atoms with van der Waals surface area (Å²) in [5, 5.41) is 6.61. The number of nitrogens with zero attached hydrogens (tertiary/aromatic N) is 3. The molecular weight excluding hydrogens is 342 g/mol. The van der Waals surface area contributed by atoms with Gasteiger partial charge in [-0.05, 0) is 35.9 Å². The molecule has 8 nitrogen and oxygen atoms in total. The molecule has 0 spiro atoms. The molecule has 3 aromatic rings. The van der Waals surface area contributed by atoms with Gasteiger partial charge in [0, 0.05) is 0 Å². The molecule has 0 unspecified atom stereocenters. The number of rotatable bonds is 5. The van der Waals surface area contributed by atoms with E-state index >= 15 is 0 Å². The van der Waals surface area contributed by atoms with Crippen molar-refractivity contribution in [3.63, 3.8) is 0 Å². The minimum Gasteiger partial charge on any atom is -0.493 e. The molecule has 2 aromatic carbocycles. The molecule has 128 valence electrons. The van der Waals surface area contributed by atoms with Gasteiger partial charge in [-0.2, -0.15) is 13.8 Å². The molecule has 0 saturated heterocycles. The van der Waals surface area contributed by atoms with Crippen molar-refractivity contribution in [1.29, 1.82) is 0 Å². The minimum atomic E-state index is -0.475. The second kappa shape index (κ2) is 7.58. The number of fused-ring (bicyclic) bond motifs is 1. The second-order valence-electron chi connectivity index (χ2n) is 4.88. The van der Waals surface area contributed by atoms with Crippen molar-refractivity contribution in [3.8, 4) is 11.5 Å². The summed E-state index contributed by atoms with van der Waals surface area (Å²) in [7, 11) is 3.12. The van der Waals surface area contributed by atoms with Crippen molar-refractivity contribution in [3.05, 3.63) is 42.0 Å². The lowest BCUT2D eigenvalue weighted by Crippen LogP contribution is -2.24. The Hall–Kier alpha value is -3.20. The third-order valence-corrected chi connectivity index (χ3v) is 3.86. The minimum absolute atomic E-state index is 0.475. The summed E-state index contributed by atoms with van der Waals surface area (Å²) in [6, 6.07) is 10.2. The van der Waals surface area contributed by atoms with Crippen LogP contribution in [0.4, 0.5) is 10.5 Å². The Morgan fingerprint density at radius 3 is 2.80 bits per heavy atom. The van der Waals surface area contributed by atoms with E-state index < -0.39 is 6.03 Å². The molecule has 1 heterocycles. The van der Waals surface area contributed by atoms with Crippen LogP contribution in [0.25, 0.3) is 11.0 Å². The quantitative estimate of drug-likeness (QED) is 0.540. The number of carbonyl (C=O) groups is 1. The lowest BCUT2D eigenvalue weighted by Gasteiger charge is -2.07. The number of ether oxygens (including phenoxy) is 2. The Kier molecular flexibility index (Phi) is 5.05. The smallest absolute Gasteiger partial charge is 0.339 e. The zero-order valence-corrected chi connectivity index (χ0v) is 14.3. The summed E-state index contributed by atoms with van der Waals surface area (Å²) in [5.74, 6) is 1.20. The topological polar surface area (TPSA) is 97.7 Å². The zero-order chi connectivity index (χ0) is 17.6. The number of hydrogen-bond acceptors (Lipinski definition) is 7. The van der Waals surface area contributed by atoms with Gasteiger partial charge in [0.05, 0.1) is 37.8 Å². The number of hydrazone groups is 1. The van der Waals surface area contributed by atoms with E-state index in [-0.39, 0.29) is 0 Å². The average molecular weight is 357 g/mol. The molecule has 0 aliphatic carbocycles. The van der Waals surface area contributed by atoms with Crippen LogP contribution in [-0.4, -0.2) is 35.2 Å². The summed E-state index contributed by atoms with van der Waals surface area (Å²) in [5.41, 5.74) is 5.11. The van der Waals surface area contributed by atoms with Crippen LogP contribution in [0.15, 0.2) is 41.5 Å². The van der Waals surface area contributed by atoms with Crippen LogP contribution in [0.2, 0.25) is 0 Å². The molecule has 1 aromatic heterocycles. The summed E-state index contributed by atoms with van der Waals surface area (Å²) in [4.78, 5) is 12.0. The molecule has 9 heteroatoms. The van der Waals surface area contributed by atoms with Crippen molar-refractivity contribution in [1.82, 2.24) is 14.2 Å². The lowest BCUT2D eigenvalue weighted by atomic mass is 10.2. The predicted molar refractivity (Wildman–Crippen MR) is 96.7 cm³/mol. The highest BCUT2D eigenvalue weighted by atomic mass is 32.1. The van der Waals surface area contributed by atoms with Gasteiger partial charge >= 0.3 is 6.03 Å². The number of methoxy groups -OCH3 is 2. The van der Waals surface area contributed by atoms with E-state index in [0.29, 0.717) is 22.7 Å². The van der Waals surface area contributed by atoms with Gasteiger partial charge < -0.3 is 14.8 Å². The number of nitrogens with one attached hydrogen (secondary N) is 2. The van der Waals surface area contributed by atoms with Gasteiger partial charge in [0.2, 0.25) is 0 Å². The fourth-order valence-electron chi connectivity index (χ4n) is 2.16. The molecule has 0 aliphatic rings. The molecule has 2 N–H and O–H groups in total. The molecule has 3 rings (SSSR count). The van der Waals surface area contributed by atoms with E-state index in [1.165, 1.54) is 6.21 Å². The molecule has 0 bridgehead atoms. The molecule has 0 aliphatic heterocycles. The van der Waals surface area contributed by atoms with E-state index in [9.17, 15) is 4.79 Å². The fraction of sp³-hybridized carbons (Fsp3) is 0.125. The molecule has 0 radical (unpaired) electrons. The Morgan fingerprint density at radius 1 is 1.16 bits per heavy atom. The molecule has 25 heavy (non-hydrogen) atoms. The second-order valence-corrected chi connectivity index (χ2v) is 5.40. The maximum absolute atomic E-state index is 12.0. The normalized spacial score (nSPS) is 10.8. The van der Waals surface area contributed by atoms with Crippen LogP contribution < -0.4 is 20.2 Å². The largest absolute Gasteiger partial charge is 0.493 e. The van der Waals surface area contributed by atoms with Gasteiger partial charge in [-0.1, -0.05) is 6.07 Å². The molecule has 2 amide bonds.